The van der Waals surface area contributed by atoms with Gasteiger partial charge in [0, 0.05) is 12.0 Å². The van der Waals surface area contributed by atoms with Gasteiger partial charge in [0.2, 0.25) is 0 Å². The van der Waals surface area contributed by atoms with Crippen molar-refractivity contribution in [2.45, 2.75) is 36.5 Å². The first-order valence-electron chi connectivity index (χ1n) is 11.1. The van der Waals surface area contributed by atoms with Crippen LogP contribution >= 0.6 is 12.4 Å². The van der Waals surface area contributed by atoms with E-state index in [0.717, 1.165) is 25.7 Å². The van der Waals surface area contributed by atoms with E-state index in [1.54, 1.807) is 0 Å². The smallest absolute Gasteiger partial charge is 0.319 e. The summed E-state index contributed by atoms with van der Waals surface area (Å²) in [6, 6.07) is 20.5. The van der Waals surface area contributed by atoms with Crippen molar-refractivity contribution in [1.29, 1.82) is 0 Å². The minimum absolute atomic E-state index is 0. The van der Waals surface area contributed by atoms with Crippen molar-refractivity contribution in [2.24, 2.45) is 5.73 Å². The Hall–Kier alpha value is -2.74. The van der Waals surface area contributed by atoms with Gasteiger partial charge in [-0.05, 0) is 36.8 Å². The van der Waals surface area contributed by atoms with Crippen LogP contribution in [0.15, 0.2) is 60.7 Å². The molecule has 4 rings (SSSR count). The number of aldehydes is 1. The summed E-state index contributed by atoms with van der Waals surface area (Å²) in [6.45, 7) is 1.12. The molecule has 8 heteroatoms. The van der Waals surface area contributed by atoms with Crippen LogP contribution in [0.4, 0.5) is 0 Å². The lowest BCUT2D eigenvalue weighted by Gasteiger charge is -2.15. The topological polar surface area (TPSA) is 108 Å². The van der Waals surface area contributed by atoms with Crippen LogP contribution in [-0.2, 0) is 34.7 Å². The molecule has 0 aromatic heterocycles. The number of carbonyl (C=O) groups is 3. The van der Waals surface area contributed by atoms with Crippen molar-refractivity contribution in [3.8, 4) is 0 Å². The van der Waals surface area contributed by atoms with Crippen LogP contribution in [0.3, 0.4) is 0 Å². The van der Waals surface area contributed by atoms with Crippen molar-refractivity contribution in [3.63, 3.8) is 0 Å². The highest BCUT2D eigenvalue weighted by Gasteiger charge is 2.44. The molecule has 3 N–H and O–H groups in total. The molecule has 0 atom stereocenters. The number of rotatable bonds is 8. The standard InChI is InChI=1S/C13H17NO2.C10H10O.C3H7NO2.ClH/c1-16-12(15)9-14-10-13(7-8-13)11-5-3-2-4-6-11;11-8-10(6-7-10)9-4-2-1-3-5-9;1-6-3(5)2-4;/h2-6,14H,7-10H2,1H3;1-5,8H,6-7H2;2,4H2,1H3;1H. The van der Waals surface area contributed by atoms with Crippen molar-refractivity contribution in [1.82, 2.24) is 5.32 Å². The number of nitrogens with one attached hydrogen (secondary N) is 1. The van der Waals surface area contributed by atoms with Crippen LogP contribution in [0, 0.1) is 0 Å². The van der Waals surface area contributed by atoms with Gasteiger partial charge in [0.25, 0.3) is 0 Å². The predicted octanol–water partition coefficient (Wildman–Crippen LogP) is 2.94. The molecule has 2 aliphatic rings. The molecule has 0 spiro atoms. The van der Waals surface area contributed by atoms with Gasteiger partial charge < -0.3 is 25.3 Å². The maximum atomic E-state index is 11.0. The zero-order chi connectivity index (χ0) is 24.2. The number of nitrogens with two attached hydrogens (primary N) is 1. The molecule has 2 saturated carbocycles. The second-order valence-electron chi connectivity index (χ2n) is 8.25. The first-order valence-corrected chi connectivity index (χ1v) is 11.1. The fraction of sp³-hybridized carbons (Fsp3) is 0.423. The molecule has 0 aliphatic heterocycles. The molecule has 0 radical (unpaired) electrons. The van der Waals surface area contributed by atoms with Crippen molar-refractivity contribution in [2.75, 3.05) is 33.9 Å². The van der Waals surface area contributed by atoms with Crippen molar-refractivity contribution in [3.05, 3.63) is 71.8 Å². The molecule has 2 fully saturated rings. The van der Waals surface area contributed by atoms with Gasteiger partial charge in [-0.1, -0.05) is 60.7 Å². The molecule has 34 heavy (non-hydrogen) atoms. The number of hydrogen-bond acceptors (Lipinski definition) is 7. The van der Waals surface area contributed by atoms with E-state index in [2.05, 4.69) is 39.1 Å². The first kappa shape index (κ1) is 29.3. The minimum atomic E-state index is -0.380. The van der Waals surface area contributed by atoms with E-state index >= 15 is 0 Å². The Bertz CT molecular complexity index is 879. The number of benzene rings is 2. The van der Waals surface area contributed by atoms with E-state index in [4.69, 9.17) is 5.73 Å². The number of hydrogen-bond donors (Lipinski definition) is 2. The molecular formula is C26H35ClN2O5. The van der Waals surface area contributed by atoms with Crippen LogP contribution in [0.2, 0.25) is 0 Å². The maximum Gasteiger partial charge on any atom is 0.319 e. The Kier molecular flexibility index (Phi) is 12.5. The van der Waals surface area contributed by atoms with E-state index in [0.29, 0.717) is 6.54 Å². The van der Waals surface area contributed by atoms with Gasteiger partial charge in [-0.3, -0.25) is 9.59 Å². The molecule has 0 unspecified atom stereocenters. The molecule has 2 aromatic carbocycles. The Balaban J connectivity index is 0.000000280. The van der Waals surface area contributed by atoms with Crippen molar-refractivity contribution >= 4 is 30.6 Å². The fourth-order valence-corrected chi connectivity index (χ4v) is 3.45. The number of carbonyl (C=O) groups excluding carboxylic acids is 3. The van der Waals surface area contributed by atoms with Gasteiger partial charge >= 0.3 is 11.9 Å². The third-order valence-electron chi connectivity index (χ3n) is 5.96. The largest absolute Gasteiger partial charge is 0.468 e. The Morgan fingerprint density at radius 2 is 1.38 bits per heavy atom. The van der Waals surface area contributed by atoms with Gasteiger partial charge in [-0.2, -0.15) is 0 Å². The van der Waals surface area contributed by atoms with Gasteiger partial charge in [-0.25, -0.2) is 0 Å². The highest BCUT2D eigenvalue weighted by Crippen LogP contribution is 2.47. The monoisotopic (exact) mass is 490 g/mol. The summed E-state index contributed by atoms with van der Waals surface area (Å²) in [4.78, 5) is 31.5. The summed E-state index contributed by atoms with van der Waals surface area (Å²) in [5, 5.41) is 3.16. The fourth-order valence-electron chi connectivity index (χ4n) is 3.45. The van der Waals surface area contributed by atoms with Crippen LogP contribution in [0.1, 0.15) is 36.8 Å². The van der Waals surface area contributed by atoms with E-state index in [1.165, 1.54) is 38.2 Å². The summed E-state index contributed by atoms with van der Waals surface area (Å²) in [5.41, 5.74) is 7.52. The molecule has 2 aliphatic carbocycles. The molecule has 186 valence electrons. The third kappa shape index (κ3) is 8.89. The summed E-state index contributed by atoms with van der Waals surface area (Å²) in [6.07, 6.45) is 5.54. The van der Waals surface area contributed by atoms with E-state index < -0.39 is 0 Å². The summed E-state index contributed by atoms with van der Waals surface area (Å²) in [5.74, 6) is -0.584. The lowest BCUT2D eigenvalue weighted by molar-refractivity contribution is -0.140. The molecule has 0 amide bonds. The summed E-state index contributed by atoms with van der Waals surface area (Å²) in [7, 11) is 2.71. The highest BCUT2D eigenvalue weighted by atomic mass is 35.5. The second-order valence-corrected chi connectivity index (χ2v) is 8.25. The Morgan fingerprint density at radius 1 is 0.882 bits per heavy atom. The Morgan fingerprint density at radius 3 is 1.74 bits per heavy atom. The first-order chi connectivity index (χ1) is 15.9. The van der Waals surface area contributed by atoms with E-state index in [1.807, 2.05) is 36.4 Å². The lowest BCUT2D eigenvalue weighted by atomic mass is 9.96. The van der Waals surface area contributed by atoms with Gasteiger partial charge in [-0.15, -0.1) is 12.4 Å². The zero-order valence-corrected chi connectivity index (χ0v) is 20.6. The molecule has 0 heterocycles. The molecule has 2 aromatic rings. The van der Waals surface area contributed by atoms with E-state index in [9.17, 15) is 14.4 Å². The maximum absolute atomic E-state index is 11.0. The van der Waals surface area contributed by atoms with Crippen LogP contribution in [-0.4, -0.2) is 52.1 Å². The molecule has 7 nitrogen and oxygen atoms in total. The SMILES string of the molecule is COC(=O)CN.COC(=O)CNCC1(c2ccccc2)CC1.Cl.O=CC1(c2ccccc2)CC1. The van der Waals surface area contributed by atoms with Gasteiger partial charge in [0.15, 0.2) is 0 Å². The zero-order valence-electron chi connectivity index (χ0n) is 19.8. The second kappa shape index (κ2) is 14.5. The minimum Gasteiger partial charge on any atom is -0.468 e. The number of methoxy groups -OCH3 is 2. The van der Waals surface area contributed by atoms with Gasteiger partial charge in [0.1, 0.15) is 6.29 Å². The van der Waals surface area contributed by atoms with Gasteiger partial charge in [0.05, 0.1) is 32.7 Å². The molecular weight excluding hydrogens is 456 g/mol. The summed E-state index contributed by atoms with van der Waals surface area (Å²) < 4.78 is 8.73. The summed E-state index contributed by atoms with van der Waals surface area (Å²) >= 11 is 0. The number of ether oxygens (including phenoxy) is 2. The van der Waals surface area contributed by atoms with Crippen molar-refractivity contribution < 1.29 is 23.9 Å². The Labute approximate surface area is 207 Å². The lowest BCUT2D eigenvalue weighted by Crippen LogP contribution is -2.31. The predicted molar refractivity (Wildman–Crippen MR) is 134 cm³/mol. The highest BCUT2D eigenvalue weighted by molar-refractivity contribution is 5.85. The number of esters is 2. The van der Waals surface area contributed by atoms with Crippen LogP contribution in [0.5, 0.6) is 0 Å². The third-order valence-corrected chi connectivity index (χ3v) is 5.96. The molecule has 0 saturated heterocycles. The normalized spacial score (nSPS) is 15.5. The average Bonchev–Trinajstić information content (AvgIpc) is 3.81. The quantitative estimate of drug-likeness (QED) is 0.432. The average molecular weight is 491 g/mol. The van der Waals surface area contributed by atoms with E-state index in [-0.39, 0.29) is 41.7 Å². The molecule has 0 bridgehead atoms. The van der Waals surface area contributed by atoms with Crippen LogP contribution in [0.25, 0.3) is 0 Å². The van der Waals surface area contributed by atoms with Crippen LogP contribution < -0.4 is 11.1 Å². The number of halogens is 1.